The fourth-order valence-corrected chi connectivity index (χ4v) is 3.42. The number of rotatable bonds is 7. The van der Waals surface area contributed by atoms with Gasteiger partial charge in [0.2, 0.25) is 5.91 Å². The summed E-state index contributed by atoms with van der Waals surface area (Å²) in [4.78, 5) is 28.4. The van der Waals surface area contributed by atoms with Gasteiger partial charge in [-0.05, 0) is 12.1 Å². The quantitative estimate of drug-likeness (QED) is 0.647. The SMILES string of the molecule is COCCNC(=O)CN1CCN(c2cnn(-c3ccc(F)cc3F)c(=O)c2Cl)CC1. The van der Waals surface area contributed by atoms with Gasteiger partial charge in [0.1, 0.15) is 16.5 Å². The monoisotopic (exact) mass is 441 g/mol. The van der Waals surface area contributed by atoms with E-state index in [4.69, 9.17) is 16.3 Å². The lowest BCUT2D eigenvalue weighted by Crippen LogP contribution is -2.50. The third-order valence-electron chi connectivity index (χ3n) is 4.75. The lowest BCUT2D eigenvalue weighted by atomic mass is 10.2. The van der Waals surface area contributed by atoms with Gasteiger partial charge in [0, 0.05) is 45.9 Å². The van der Waals surface area contributed by atoms with Crippen LogP contribution in [-0.4, -0.2) is 73.6 Å². The Morgan fingerprint density at radius 3 is 2.63 bits per heavy atom. The van der Waals surface area contributed by atoms with Crippen molar-refractivity contribution in [3.05, 3.63) is 51.4 Å². The maximum atomic E-state index is 14.0. The molecule has 1 aromatic heterocycles. The Morgan fingerprint density at radius 1 is 1.23 bits per heavy atom. The highest BCUT2D eigenvalue weighted by atomic mass is 35.5. The van der Waals surface area contributed by atoms with Crippen LogP contribution in [0, 0.1) is 11.6 Å². The normalized spacial score (nSPS) is 14.7. The number of carbonyl (C=O) groups excluding carboxylic acids is 1. The van der Waals surface area contributed by atoms with Gasteiger partial charge in [0.15, 0.2) is 5.82 Å². The molecule has 0 unspecified atom stereocenters. The van der Waals surface area contributed by atoms with Crippen LogP contribution < -0.4 is 15.8 Å². The molecule has 1 N–H and O–H groups in total. The molecule has 11 heteroatoms. The van der Waals surface area contributed by atoms with Gasteiger partial charge in [0.25, 0.3) is 5.56 Å². The van der Waals surface area contributed by atoms with E-state index in [1.807, 2.05) is 9.80 Å². The molecule has 1 aliphatic heterocycles. The summed E-state index contributed by atoms with van der Waals surface area (Å²) >= 11 is 6.26. The number of aromatic nitrogens is 2. The molecular weight excluding hydrogens is 420 g/mol. The first-order valence-corrected chi connectivity index (χ1v) is 9.74. The summed E-state index contributed by atoms with van der Waals surface area (Å²) in [6.45, 7) is 3.48. The molecule has 0 spiro atoms. The van der Waals surface area contributed by atoms with E-state index in [0.29, 0.717) is 51.1 Å². The second-order valence-corrected chi connectivity index (χ2v) is 7.14. The molecule has 0 radical (unpaired) electrons. The summed E-state index contributed by atoms with van der Waals surface area (Å²) in [5.74, 6) is -1.74. The van der Waals surface area contributed by atoms with E-state index in [1.54, 1.807) is 7.11 Å². The Morgan fingerprint density at radius 2 is 1.97 bits per heavy atom. The van der Waals surface area contributed by atoms with Crippen molar-refractivity contribution in [1.82, 2.24) is 20.0 Å². The second-order valence-electron chi connectivity index (χ2n) is 6.76. The smallest absolute Gasteiger partial charge is 0.292 e. The summed E-state index contributed by atoms with van der Waals surface area (Å²) < 4.78 is 32.8. The van der Waals surface area contributed by atoms with Crippen LogP contribution in [0.25, 0.3) is 5.69 Å². The third-order valence-corrected chi connectivity index (χ3v) is 5.10. The highest BCUT2D eigenvalue weighted by Crippen LogP contribution is 2.23. The number of anilines is 1. The molecule has 0 saturated carbocycles. The number of methoxy groups -OCH3 is 1. The minimum absolute atomic E-state index is 0.0795. The van der Waals surface area contributed by atoms with Crippen molar-refractivity contribution in [3.63, 3.8) is 0 Å². The van der Waals surface area contributed by atoms with E-state index in [9.17, 15) is 18.4 Å². The average Bonchev–Trinajstić information content (AvgIpc) is 2.72. The van der Waals surface area contributed by atoms with Crippen LogP contribution >= 0.6 is 11.6 Å². The van der Waals surface area contributed by atoms with Gasteiger partial charge >= 0.3 is 0 Å². The van der Waals surface area contributed by atoms with Crippen molar-refractivity contribution in [2.24, 2.45) is 0 Å². The van der Waals surface area contributed by atoms with Gasteiger partial charge < -0.3 is 15.0 Å². The van der Waals surface area contributed by atoms with Crippen molar-refractivity contribution in [1.29, 1.82) is 0 Å². The van der Waals surface area contributed by atoms with E-state index in [0.717, 1.165) is 16.8 Å². The molecule has 1 fully saturated rings. The largest absolute Gasteiger partial charge is 0.383 e. The zero-order chi connectivity index (χ0) is 21.7. The summed E-state index contributed by atoms with van der Waals surface area (Å²) in [6.07, 6.45) is 1.39. The third kappa shape index (κ3) is 5.13. The maximum absolute atomic E-state index is 14.0. The highest BCUT2D eigenvalue weighted by molar-refractivity contribution is 6.33. The van der Waals surface area contributed by atoms with Gasteiger partial charge in [-0.2, -0.15) is 9.78 Å². The first kappa shape index (κ1) is 22.1. The van der Waals surface area contributed by atoms with Gasteiger partial charge in [-0.3, -0.25) is 14.5 Å². The maximum Gasteiger partial charge on any atom is 0.292 e. The molecule has 1 amide bonds. The first-order chi connectivity index (χ1) is 14.4. The van der Waals surface area contributed by atoms with E-state index in [1.165, 1.54) is 6.20 Å². The van der Waals surface area contributed by atoms with Gasteiger partial charge in [0.05, 0.1) is 25.0 Å². The number of ether oxygens (including phenoxy) is 1. The fourth-order valence-electron chi connectivity index (χ4n) is 3.17. The Hall–Kier alpha value is -2.56. The first-order valence-electron chi connectivity index (χ1n) is 9.37. The number of hydrogen-bond donors (Lipinski definition) is 1. The highest BCUT2D eigenvalue weighted by Gasteiger charge is 2.23. The predicted molar refractivity (Wildman–Crippen MR) is 108 cm³/mol. The minimum atomic E-state index is -0.911. The molecule has 1 saturated heterocycles. The minimum Gasteiger partial charge on any atom is -0.383 e. The van der Waals surface area contributed by atoms with Gasteiger partial charge in [-0.1, -0.05) is 11.6 Å². The molecule has 2 heterocycles. The number of halogens is 3. The fraction of sp³-hybridized carbons (Fsp3) is 0.421. The summed E-state index contributed by atoms with van der Waals surface area (Å²) in [6, 6.07) is 2.85. The van der Waals surface area contributed by atoms with E-state index in [-0.39, 0.29) is 23.2 Å². The van der Waals surface area contributed by atoms with Gasteiger partial charge in [-0.15, -0.1) is 0 Å². The van der Waals surface area contributed by atoms with Crippen molar-refractivity contribution >= 4 is 23.2 Å². The van der Waals surface area contributed by atoms with Crippen LogP contribution in [0.4, 0.5) is 14.5 Å². The van der Waals surface area contributed by atoms with Crippen molar-refractivity contribution in [2.45, 2.75) is 0 Å². The molecule has 2 aromatic rings. The van der Waals surface area contributed by atoms with Crippen molar-refractivity contribution in [3.8, 4) is 5.69 Å². The van der Waals surface area contributed by atoms with Crippen molar-refractivity contribution < 1.29 is 18.3 Å². The molecule has 30 heavy (non-hydrogen) atoms. The number of piperazine rings is 1. The van der Waals surface area contributed by atoms with Crippen LogP contribution in [0.5, 0.6) is 0 Å². The number of carbonyl (C=O) groups is 1. The van der Waals surface area contributed by atoms with Crippen LogP contribution in [0.15, 0.2) is 29.2 Å². The van der Waals surface area contributed by atoms with Crippen LogP contribution in [0.3, 0.4) is 0 Å². The Balaban J connectivity index is 1.66. The Labute approximate surface area is 177 Å². The summed E-state index contributed by atoms with van der Waals surface area (Å²) in [5, 5.41) is 6.68. The molecule has 162 valence electrons. The molecule has 8 nitrogen and oxygen atoms in total. The average molecular weight is 442 g/mol. The van der Waals surface area contributed by atoms with E-state index >= 15 is 0 Å². The molecular formula is C19H22ClF2N5O3. The van der Waals surface area contributed by atoms with Gasteiger partial charge in [-0.25, -0.2) is 8.78 Å². The zero-order valence-electron chi connectivity index (χ0n) is 16.4. The van der Waals surface area contributed by atoms with Crippen LogP contribution in [0.1, 0.15) is 0 Å². The lowest BCUT2D eigenvalue weighted by molar-refractivity contribution is -0.122. The number of nitrogens with zero attached hydrogens (tertiary/aromatic N) is 4. The summed E-state index contributed by atoms with van der Waals surface area (Å²) in [7, 11) is 1.57. The standard InChI is InChI=1S/C19H22ClF2N5O3/c1-30-9-4-23-17(28)12-25-5-7-26(8-6-25)16-11-24-27(19(29)18(16)20)15-3-2-13(21)10-14(15)22/h2-3,10-11H,4-9,12H2,1H3,(H,23,28). The zero-order valence-corrected chi connectivity index (χ0v) is 17.2. The topological polar surface area (TPSA) is 79.7 Å². The summed E-state index contributed by atoms with van der Waals surface area (Å²) in [5.41, 5.74) is -0.441. The van der Waals surface area contributed by atoms with Crippen LogP contribution in [-0.2, 0) is 9.53 Å². The lowest BCUT2D eigenvalue weighted by Gasteiger charge is -2.35. The molecule has 1 aliphatic rings. The van der Waals surface area contributed by atoms with E-state index in [2.05, 4.69) is 10.4 Å². The number of hydrogen-bond acceptors (Lipinski definition) is 6. The van der Waals surface area contributed by atoms with E-state index < -0.39 is 17.2 Å². The molecule has 0 atom stereocenters. The van der Waals surface area contributed by atoms with Crippen LogP contribution in [0.2, 0.25) is 5.02 Å². The Bertz CT molecular complexity index is 964. The molecule has 0 aliphatic carbocycles. The number of amides is 1. The number of benzene rings is 1. The van der Waals surface area contributed by atoms with Crippen molar-refractivity contribution in [2.75, 3.05) is 57.9 Å². The number of nitrogens with one attached hydrogen (secondary N) is 1. The molecule has 3 rings (SSSR count). The molecule has 0 bridgehead atoms. The predicted octanol–water partition coefficient (Wildman–Crippen LogP) is 1.05. The Kier molecular flexibility index (Phi) is 7.35. The second kappa shape index (κ2) is 9.96. The molecule has 1 aromatic carbocycles.